The summed E-state index contributed by atoms with van der Waals surface area (Å²) in [5.74, 6) is -0.911. The third-order valence-corrected chi connectivity index (χ3v) is 3.61. The first-order chi connectivity index (χ1) is 12.0. The first kappa shape index (κ1) is 18.2. The molecule has 2 rings (SSSR count). The van der Waals surface area contributed by atoms with Crippen molar-refractivity contribution in [1.82, 2.24) is 10.6 Å². The topological polar surface area (TPSA) is 101 Å². The lowest BCUT2D eigenvalue weighted by molar-refractivity contribution is -0.121. The molecule has 0 bridgehead atoms. The maximum Gasteiger partial charge on any atom is 0.251 e. The fraction of sp³-hybridized carbons (Fsp3) is 0.211. The van der Waals surface area contributed by atoms with E-state index in [2.05, 4.69) is 10.6 Å². The summed E-state index contributed by atoms with van der Waals surface area (Å²) in [5, 5.41) is 5.56. The summed E-state index contributed by atoms with van der Waals surface area (Å²) < 4.78 is 0. The van der Waals surface area contributed by atoms with E-state index < -0.39 is 5.91 Å². The molecule has 2 aromatic carbocycles. The zero-order valence-corrected chi connectivity index (χ0v) is 14.0. The van der Waals surface area contributed by atoms with Gasteiger partial charge in [-0.1, -0.05) is 30.3 Å². The van der Waals surface area contributed by atoms with Crippen molar-refractivity contribution < 1.29 is 14.4 Å². The van der Waals surface area contributed by atoms with E-state index in [1.165, 1.54) is 0 Å². The summed E-state index contributed by atoms with van der Waals surface area (Å²) in [6.07, 6.45) is 0.161. The molecule has 6 nitrogen and oxygen atoms in total. The molecule has 130 valence electrons. The van der Waals surface area contributed by atoms with Crippen molar-refractivity contribution in [3.63, 3.8) is 0 Å². The molecule has 0 fully saturated rings. The highest BCUT2D eigenvalue weighted by Crippen LogP contribution is 2.05. The fourth-order valence-corrected chi connectivity index (χ4v) is 2.33. The molecule has 0 heterocycles. The Kier molecular flexibility index (Phi) is 6.28. The highest BCUT2D eigenvalue weighted by molar-refractivity contribution is 5.94. The molecule has 0 aliphatic heterocycles. The minimum absolute atomic E-state index is 0.161. The van der Waals surface area contributed by atoms with Gasteiger partial charge in [0, 0.05) is 30.1 Å². The average Bonchev–Trinajstić information content (AvgIpc) is 2.60. The van der Waals surface area contributed by atoms with Gasteiger partial charge in [-0.05, 0) is 36.8 Å². The molecule has 0 saturated heterocycles. The Balaban J connectivity index is 1.80. The van der Waals surface area contributed by atoms with E-state index >= 15 is 0 Å². The molecule has 2 aromatic rings. The van der Waals surface area contributed by atoms with E-state index in [0.717, 1.165) is 5.56 Å². The van der Waals surface area contributed by atoms with Gasteiger partial charge in [-0.25, -0.2) is 0 Å². The van der Waals surface area contributed by atoms with Gasteiger partial charge in [0.05, 0.1) is 0 Å². The molecule has 1 atom stereocenters. The second-order valence-corrected chi connectivity index (χ2v) is 5.79. The number of rotatable bonds is 7. The number of nitrogens with two attached hydrogens (primary N) is 1. The van der Waals surface area contributed by atoms with Crippen molar-refractivity contribution >= 4 is 17.7 Å². The number of benzene rings is 2. The number of carbonyl (C=O) groups excluding carboxylic acids is 3. The predicted molar refractivity (Wildman–Crippen MR) is 94.8 cm³/mol. The summed E-state index contributed by atoms with van der Waals surface area (Å²) in [5.41, 5.74) is 6.97. The van der Waals surface area contributed by atoms with Crippen LogP contribution in [0.2, 0.25) is 0 Å². The molecular weight excluding hydrogens is 318 g/mol. The average molecular weight is 339 g/mol. The second kappa shape index (κ2) is 8.63. The monoisotopic (exact) mass is 339 g/mol. The van der Waals surface area contributed by atoms with Gasteiger partial charge in [-0.15, -0.1) is 0 Å². The summed E-state index contributed by atoms with van der Waals surface area (Å²) in [7, 11) is 0. The second-order valence-electron chi connectivity index (χ2n) is 5.79. The Bertz CT molecular complexity index is 760. The Hall–Kier alpha value is -3.15. The molecule has 0 spiro atoms. The Morgan fingerprint density at radius 3 is 2.36 bits per heavy atom. The quantitative estimate of drug-likeness (QED) is 0.714. The molecule has 0 aromatic heterocycles. The number of hydrogen-bond acceptors (Lipinski definition) is 3. The van der Waals surface area contributed by atoms with Crippen LogP contribution in [0.5, 0.6) is 0 Å². The normalized spacial score (nSPS) is 11.4. The van der Waals surface area contributed by atoms with Gasteiger partial charge in [-0.3, -0.25) is 14.4 Å². The zero-order chi connectivity index (χ0) is 18.2. The van der Waals surface area contributed by atoms with Crippen LogP contribution in [0.25, 0.3) is 0 Å². The van der Waals surface area contributed by atoms with Crippen LogP contribution >= 0.6 is 0 Å². The van der Waals surface area contributed by atoms with Crippen LogP contribution in [0.3, 0.4) is 0 Å². The Morgan fingerprint density at radius 2 is 1.68 bits per heavy atom. The third kappa shape index (κ3) is 5.76. The van der Waals surface area contributed by atoms with Crippen molar-refractivity contribution in [3.05, 3.63) is 71.3 Å². The van der Waals surface area contributed by atoms with Gasteiger partial charge in [0.1, 0.15) is 0 Å². The molecule has 0 aliphatic carbocycles. The largest absolute Gasteiger partial charge is 0.366 e. The van der Waals surface area contributed by atoms with Gasteiger partial charge in [-0.2, -0.15) is 0 Å². The third-order valence-electron chi connectivity index (χ3n) is 3.61. The minimum atomic E-state index is -0.509. The molecule has 1 unspecified atom stereocenters. The van der Waals surface area contributed by atoms with Crippen molar-refractivity contribution in [3.8, 4) is 0 Å². The lowest BCUT2D eigenvalue weighted by Crippen LogP contribution is -2.37. The fourth-order valence-electron chi connectivity index (χ4n) is 2.33. The predicted octanol–water partition coefficient (Wildman–Crippen LogP) is 1.61. The van der Waals surface area contributed by atoms with E-state index in [1.54, 1.807) is 55.5 Å². The van der Waals surface area contributed by atoms with Crippen LogP contribution in [0, 0.1) is 0 Å². The number of hydrogen-bond donors (Lipinski definition) is 3. The summed E-state index contributed by atoms with van der Waals surface area (Å²) in [6, 6.07) is 15.3. The highest BCUT2D eigenvalue weighted by atomic mass is 16.2. The van der Waals surface area contributed by atoms with Crippen LogP contribution in [-0.4, -0.2) is 23.8 Å². The van der Waals surface area contributed by atoms with Crippen molar-refractivity contribution in [2.75, 3.05) is 0 Å². The van der Waals surface area contributed by atoms with E-state index in [4.69, 9.17) is 5.73 Å². The molecular formula is C19H21N3O3. The summed E-state index contributed by atoms with van der Waals surface area (Å²) >= 11 is 0. The number of amides is 3. The molecule has 6 heteroatoms. The molecule has 25 heavy (non-hydrogen) atoms. The SMILES string of the molecule is CC(CC(=O)NCc1cccc(C(N)=O)c1)NC(=O)c1ccccc1. The maximum absolute atomic E-state index is 12.0. The molecule has 0 saturated carbocycles. The first-order valence-electron chi connectivity index (χ1n) is 7.97. The number of primary amides is 1. The lowest BCUT2D eigenvalue weighted by Gasteiger charge is -2.14. The van der Waals surface area contributed by atoms with E-state index in [0.29, 0.717) is 17.7 Å². The standard InChI is InChI=1S/C19H21N3O3/c1-13(22-19(25)15-7-3-2-4-8-15)10-17(23)21-12-14-6-5-9-16(11-14)18(20)24/h2-9,11,13H,10,12H2,1H3,(H2,20,24)(H,21,23)(H,22,25). The summed E-state index contributed by atoms with van der Waals surface area (Å²) in [6.45, 7) is 2.06. The molecule has 0 radical (unpaired) electrons. The van der Waals surface area contributed by atoms with Gasteiger partial charge in [0.25, 0.3) is 5.91 Å². The van der Waals surface area contributed by atoms with Crippen LogP contribution in [0.1, 0.15) is 39.6 Å². The molecule has 3 amide bonds. The Labute approximate surface area is 146 Å². The van der Waals surface area contributed by atoms with Crippen LogP contribution in [-0.2, 0) is 11.3 Å². The summed E-state index contributed by atoms with van der Waals surface area (Å²) in [4.78, 5) is 35.2. The van der Waals surface area contributed by atoms with Crippen molar-refractivity contribution in [1.29, 1.82) is 0 Å². The number of carbonyl (C=O) groups is 3. The highest BCUT2D eigenvalue weighted by Gasteiger charge is 2.13. The first-order valence-corrected chi connectivity index (χ1v) is 7.97. The maximum atomic E-state index is 12.0. The smallest absolute Gasteiger partial charge is 0.251 e. The number of nitrogens with one attached hydrogen (secondary N) is 2. The van der Waals surface area contributed by atoms with E-state index in [-0.39, 0.29) is 24.3 Å². The van der Waals surface area contributed by atoms with Gasteiger partial charge in [0.2, 0.25) is 11.8 Å². The van der Waals surface area contributed by atoms with Gasteiger partial charge < -0.3 is 16.4 Å². The van der Waals surface area contributed by atoms with Crippen LogP contribution in [0.4, 0.5) is 0 Å². The van der Waals surface area contributed by atoms with Gasteiger partial charge in [0.15, 0.2) is 0 Å². The zero-order valence-electron chi connectivity index (χ0n) is 14.0. The molecule has 0 aliphatic rings. The van der Waals surface area contributed by atoms with Crippen LogP contribution < -0.4 is 16.4 Å². The van der Waals surface area contributed by atoms with E-state index in [1.807, 2.05) is 6.07 Å². The Morgan fingerprint density at radius 1 is 1.00 bits per heavy atom. The minimum Gasteiger partial charge on any atom is -0.366 e. The van der Waals surface area contributed by atoms with Gasteiger partial charge >= 0.3 is 0 Å². The van der Waals surface area contributed by atoms with Crippen LogP contribution in [0.15, 0.2) is 54.6 Å². The van der Waals surface area contributed by atoms with Crippen molar-refractivity contribution in [2.45, 2.75) is 25.9 Å². The van der Waals surface area contributed by atoms with E-state index in [9.17, 15) is 14.4 Å². The lowest BCUT2D eigenvalue weighted by atomic mass is 10.1. The van der Waals surface area contributed by atoms with Crippen molar-refractivity contribution in [2.24, 2.45) is 5.73 Å². The molecule has 4 N–H and O–H groups in total.